The maximum Gasteiger partial charge on any atom is 0.255 e. The summed E-state index contributed by atoms with van der Waals surface area (Å²) in [6, 6.07) is 16.0. The van der Waals surface area contributed by atoms with Crippen molar-refractivity contribution < 1.29 is 9.59 Å². The lowest BCUT2D eigenvalue weighted by Crippen LogP contribution is -2.13. The fourth-order valence-electron chi connectivity index (χ4n) is 1.88. The van der Waals surface area contributed by atoms with E-state index in [1.165, 1.54) is 0 Å². The normalized spacial score (nSPS) is 10.0. The van der Waals surface area contributed by atoms with Crippen molar-refractivity contribution in [1.29, 1.82) is 0 Å². The van der Waals surface area contributed by atoms with Crippen molar-refractivity contribution in [3.63, 3.8) is 0 Å². The van der Waals surface area contributed by atoms with E-state index in [1.807, 2.05) is 18.2 Å². The molecule has 2 amide bonds. The van der Waals surface area contributed by atoms with Crippen LogP contribution in [-0.4, -0.2) is 17.7 Å². The van der Waals surface area contributed by atoms with Gasteiger partial charge in [-0.2, -0.15) is 0 Å². The van der Waals surface area contributed by atoms with Gasteiger partial charge in [-0.05, 0) is 42.8 Å². The molecule has 0 saturated carbocycles. The lowest BCUT2D eigenvalue weighted by Gasteiger charge is -2.08. The maximum absolute atomic E-state index is 12.0. The van der Waals surface area contributed by atoms with Crippen LogP contribution in [-0.2, 0) is 4.79 Å². The Kier molecular flexibility index (Phi) is 5.98. The minimum Gasteiger partial charge on any atom is -0.326 e. The molecule has 0 fully saturated rings. The van der Waals surface area contributed by atoms with Gasteiger partial charge in [0.1, 0.15) is 0 Å². The molecule has 2 N–H and O–H groups in total. The predicted molar refractivity (Wildman–Crippen MR) is 89.4 cm³/mol. The maximum atomic E-state index is 12.0. The predicted octanol–water partition coefficient (Wildman–Crippen LogP) is 3.90. The van der Waals surface area contributed by atoms with Crippen molar-refractivity contribution in [3.8, 4) is 0 Å². The highest BCUT2D eigenvalue weighted by Gasteiger charge is 2.06. The van der Waals surface area contributed by atoms with Gasteiger partial charge in [-0.1, -0.05) is 18.2 Å². The number of halogens is 1. The molecule has 0 spiro atoms. The first-order valence-corrected chi connectivity index (χ1v) is 7.55. The number of carbonyl (C=O) groups is 2. The van der Waals surface area contributed by atoms with Crippen LogP contribution in [0.3, 0.4) is 0 Å². The Morgan fingerprint density at radius 3 is 2.05 bits per heavy atom. The number of amides is 2. The Morgan fingerprint density at radius 2 is 1.45 bits per heavy atom. The van der Waals surface area contributed by atoms with Crippen molar-refractivity contribution in [2.24, 2.45) is 0 Å². The molecule has 4 nitrogen and oxygen atoms in total. The van der Waals surface area contributed by atoms with Crippen LogP contribution in [0.1, 0.15) is 23.2 Å². The van der Waals surface area contributed by atoms with Gasteiger partial charge < -0.3 is 10.6 Å². The van der Waals surface area contributed by atoms with Crippen LogP contribution >= 0.6 is 11.6 Å². The van der Waals surface area contributed by atoms with Crippen LogP contribution in [0, 0.1) is 0 Å². The van der Waals surface area contributed by atoms with E-state index in [1.54, 1.807) is 36.4 Å². The minimum absolute atomic E-state index is 0.0679. The van der Waals surface area contributed by atoms with E-state index in [0.717, 1.165) is 0 Å². The molecule has 2 aromatic carbocycles. The molecule has 5 heteroatoms. The van der Waals surface area contributed by atoms with E-state index in [9.17, 15) is 9.59 Å². The van der Waals surface area contributed by atoms with Gasteiger partial charge in [0.05, 0.1) is 0 Å². The van der Waals surface area contributed by atoms with Crippen LogP contribution in [0.5, 0.6) is 0 Å². The Balaban J connectivity index is 1.92. The van der Waals surface area contributed by atoms with Gasteiger partial charge in [-0.3, -0.25) is 9.59 Å². The standard InChI is InChI=1S/C17H17ClN2O2/c18-12-4-7-16(21)19-14-8-10-15(11-9-14)20-17(22)13-5-2-1-3-6-13/h1-3,5-6,8-11H,4,7,12H2,(H,19,21)(H,20,22). The second-order valence-electron chi connectivity index (χ2n) is 4.74. The third kappa shape index (κ3) is 4.90. The Labute approximate surface area is 134 Å². The van der Waals surface area contributed by atoms with Crippen molar-refractivity contribution in [1.82, 2.24) is 0 Å². The number of benzene rings is 2. The highest BCUT2D eigenvalue weighted by molar-refractivity contribution is 6.18. The summed E-state index contributed by atoms with van der Waals surface area (Å²) < 4.78 is 0. The van der Waals surface area contributed by atoms with E-state index >= 15 is 0 Å². The number of alkyl halides is 1. The summed E-state index contributed by atoms with van der Waals surface area (Å²) >= 11 is 5.55. The zero-order valence-electron chi connectivity index (χ0n) is 12.0. The zero-order valence-corrected chi connectivity index (χ0v) is 12.8. The molecule has 114 valence electrons. The molecule has 0 saturated heterocycles. The SMILES string of the molecule is O=C(CCCCl)Nc1ccc(NC(=O)c2ccccc2)cc1. The number of nitrogens with one attached hydrogen (secondary N) is 2. The largest absolute Gasteiger partial charge is 0.326 e. The third-order valence-corrected chi connectivity index (χ3v) is 3.27. The van der Waals surface area contributed by atoms with E-state index in [4.69, 9.17) is 11.6 Å². The van der Waals surface area contributed by atoms with Crippen molar-refractivity contribution in [2.75, 3.05) is 16.5 Å². The van der Waals surface area contributed by atoms with E-state index in [2.05, 4.69) is 10.6 Å². The molecule has 0 aliphatic rings. The molecular formula is C17H17ClN2O2. The average molecular weight is 317 g/mol. The van der Waals surface area contributed by atoms with E-state index in [0.29, 0.717) is 35.7 Å². The molecule has 22 heavy (non-hydrogen) atoms. The van der Waals surface area contributed by atoms with Gasteiger partial charge in [0, 0.05) is 29.2 Å². The fraction of sp³-hybridized carbons (Fsp3) is 0.176. The summed E-state index contributed by atoms with van der Waals surface area (Å²) in [7, 11) is 0. The topological polar surface area (TPSA) is 58.2 Å². The molecule has 0 unspecified atom stereocenters. The van der Waals surface area contributed by atoms with Gasteiger partial charge in [0.25, 0.3) is 5.91 Å². The zero-order chi connectivity index (χ0) is 15.8. The smallest absolute Gasteiger partial charge is 0.255 e. The number of anilines is 2. The van der Waals surface area contributed by atoms with Gasteiger partial charge in [0.2, 0.25) is 5.91 Å². The molecule has 0 aromatic heterocycles. The molecule has 2 aromatic rings. The van der Waals surface area contributed by atoms with E-state index in [-0.39, 0.29) is 11.8 Å². The second-order valence-corrected chi connectivity index (χ2v) is 5.12. The summed E-state index contributed by atoms with van der Waals surface area (Å²) in [4.78, 5) is 23.6. The molecule has 0 bridgehead atoms. The van der Waals surface area contributed by atoms with Gasteiger partial charge in [-0.15, -0.1) is 11.6 Å². The van der Waals surface area contributed by atoms with Crippen LogP contribution < -0.4 is 10.6 Å². The van der Waals surface area contributed by atoms with Crippen LogP contribution in [0.15, 0.2) is 54.6 Å². The monoisotopic (exact) mass is 316 g/mol. The molecular weight excluding hydrogens is 300 g/mol. The van der Waals surface area contributed by atoms with Crippen molar-refractivity contribution in [3.05, 3.63) is 60.2 Å². The quantitative estimate of drug-likeness (QED) is 0.794. The van der Waals surface area contributed by atoms with Crippen LogP contribution in [0.4, 0.5) is 11.4 Å². The Morgan fingerprint density at radius 1 is 0.864 bits per heavy atom. The fourth-order valence-corrected chi connectivity index (χ4v) is 2.01. The first kappa shape index (κ1) is 16.0. The number of hydrogen-bond donors (Lipinski definition) is 2. The van der Waals surface area contributed by atoms with E-state index < -0.39 is 0 Å². The number of carbonyl (C=O) groups excluding carboxylic acids is 2. The first-order chi connectivity index (χ1) is 10.7. The summed E-state index contributed by atoms with van der Waals surface area (Å²) in [5.41, 5.74) is 1.96. The number of rotatable bonds is 6. The summed E-state index contributed by atoms with van der Waals surface area (Å²) in [5, 5.41) is 5.58. The molecule has 0 aliphatic carbocycles. The second kappa shape index (κ2) is 8.20. The minimum atomic E-state index is -0.167. The van der Waals surface area contributed by atoms with Gasteiger partial charge in [-0.25, -0.2) is 0 Å². The summed E-state index contributed by atoms with van der Waals surface area (Å²) in [6.45, 7) is 0. The molecule has 2 rings (SSSR count). The highest BCUT2D eigenvalue weighted by Crippen LogP contribution is 2.15. The van der Waals surface area contributed by atoms with Gasteiger partial charge >= 0.3 is 0 Å². The van der Waals surface area contributed by atoms with Crippen molar-refractivity contribution >= 4 is 34.8 Å². The lowest BCUT2D eigenvalue weighted by atomic mass is 10.2. The Bertz CT molecular complexity index is 627. The average Bonchev–Trinajstić information content (AvgIpc) is 2.55. The molecule has 0 heterocycles. The molecule has 0 radical (unpaired) electrons. The highest BCUT2D eigenvalue weighted by atomic mass is 35.5. The van der Waals surface area contributed by atoms with Crippen LogP contribution in [0.25, 0.3) is 0 Å². The summed E-state index contributed by atoms with van der Waals surface area (Å²) in [6.07, 6.45) is 1.05. The molecule has 0 aliphatic heterocycles. The van der Waals surface area contributed by atoms with Gasteiger partial charge in [0.15, 0.2) is 0 Å². The summed E-state index contributed by atoms with van der Waals surface area (Å²) in [5.74, 6) is 0.235. The third-order valence-electron chi connectivity index (χ3n) is 3.00. The Hall–Kier alpha value is -2.33. The van der Waals surface area contributed by atoms with Crippen LogP contribution in [0.2, 0.25) is 0 Å². The van der Waals surface area contributed by atoms with Crippen molar-refractivity contribution in [2.45, 2.75) is 12.8 Å². The molecule has 0 atom stereocenters. The first-order valence-electron chi connectivity index (χ1n) is 7.01. The lowest BCUT2D eigenvalue weighted by molar-refractivity contribution is -0.116. The number of hydrogen-bond acceptors (Lipinski definition) is 2.